The maximum Gasteiger partial charge on any atom is 0.291 e. The molecule has 0 aliphatic rings. The van der Waals surface area contributed by atoms with Gasteiger partial charge in [0.2, 0.25) is 11.8 Å². The Morgan fingerprint density at radius 1 is 1.65 bits per heavy atom. The first-order chi connectivity index (χ1) is 8.10. The van der Waals surface area contributed by atoms with Gasteiger partial charge in [-0.25, -0.2) is 0 Å². The molecule has 0 aliphatic heterocycles. The van der Waals surface area contributed by atoms with Crippen LogP contribution in [0.2, 0.25) is 0 Å². The Bertz CT molecular complexity index is 365. The molecule has 1 aromatic heterocycles. The minimum absolute atomic E-state index is 0.0733. The summed E-state index contributed by atoms with van der Waals surface area (Å²) in [4.78, 5) is 17.7. The zero-order valence-corrected chi connectivity index (χ0v) is 10.4. The van der Waals surface area contributed by atoms with Crippen molar-refractivity contribution in [1.29, 1.82) is 0 Å². The van der Waals surface area contributed by atoms with Crippen molar-refractivity contribution < 1.29 is 9.53 Å². The molecule has 0 saturated heterocycles. The number of carbonyl (C=O) groups excluding carboxylic acids is 1. The molecular formula is C10H19N5O2. The molecule has 0 aromatic carbocycles. The molecule has 0 radical (unpaired) electrons. The Kier molecular flexibility index (Phi) is 4.89. The summed E-state index contributed by atoms with van der Waals surface area (Å²) in [6.07, 6.45) is 0.860. The highest BCUT2D eigenvalue weighted by Crippen LogP contribution is 2.08. The maximum absolute atomic E-state index is 12.1. The summed E-state index contributed by atoms with van der Waals surface area (Å²) in [5, 5.41) is 6.17. The number of nitrogens with one attached hydrogen (secondary N) is 1. The fraction of sp³-hybridized carbons (Fsp3) is 0.700. The van der Waals surface area contributed by atoms with Gasteiger partial charge in [0.1, 0.15) is 0 Å². The van der Waals surface area contributed by atoms with E-state index in [1.54, 1.807) is 12.0 Å². The zero-order chi connectivity index (χ0) is 12.8. The van der Waals surface area contributed by atoms with E-state index in [9.17, 15) is 4.79 Å². The van der Waals surface area contributed by atoms with Crippen molar-refractivity contribution in [3.05, 3.63) is 5.82 Å². The van der Waals surface area contributed by atoms with E-state index >= 15 is 0 Å². The summed E-state index contributed by atoms with van der Waals surface area (Å²) < 4.78 is 4.99. The molecule has 1 aromatic rings. The van der Waals surface area contributed by atoms with Crippen molar-refractivity contribution in [2.75, 3.05) is 26.0 Å². The van der Waals surface area contributed by atoms with E-state index in [1.807, 2.05) is 13.8 Å². The summed E-state index contributed by atoms with van der Waals surface area (Å²) in [6.45, 7) is 5.00. The average molecular weight is 241 g/mol. The fourth-order valence-corrected chi connectivity index (χ4v) is 1.44. The quantitative estimate of drug-likeness (QED) is 0.745. The highest BCUT2D eigenvalue weighted by atomic mass is 16.5. The molecule has 7 nitrogen and oxygen atoms in total. The second kappa shape index (κ2) is 6.19. The van der Waals surface area contributed by atoms with Gasteiger partial charge in [-0.15, -0.1) is 5.10 Å². The number of nitrogens with two attached hydrogens (primary N) is 1. The van der Waals surface area contributed by atoms with Crippen LogP contribution < -0.4 is 5.73 Å². The Labute approximate surface area is 100 Å². The third-order valence-electron chi connectivity index (χ3n) is 2.63. The molecule has 0 fully saturated rings. The van der Waals surface area contributed by atoms with Gasteiger partial charge in [-0.3, -0.25) is 9.89 Å². The lowest BCUT2D eigenvalue weighted by molar-refractivity contribution is 0.0602. The molecule has 0 saturated carbocycles. The predicted octanol–water partition coefficient (Wildman–Crippen LogP) is 0.274. The lowest BCUT2D eigenvalue weighted by Gasteiger charge is -2.27. The maximum atomic E-state index is 12.1. The summed E-state index contributed by atoms with van der Waals surface area (Å²) in [7, 11) is 1.60. The van der Waals surface area contributed by atoms with Gasteiger partial charge in [-0.2, -0.15) is 4.98 Å². The van der Waals surface area contributed by atoms with Crippen LogP contribution in [0, 0.1) is 0 Å². The number of H-pyrrole nitrogens is 1. The first-order valence-electron chi connectivity index (χ1n) is 5.57. The minimum Gasteiger partial charge on any atom is -0.383 e. The van der Waals surface area contributed by atoms with E-state index in [1.165, 1.54) is 0 Å². The van der Waals surface area contributed by atoms with Crippen LogP contribution in [-0.2, 0) is 4.74 Å². The third-order valence-corrected chi connectivity index (χ3v) is 2.63. The third kappa shape index (κ3) is 3.42. The summed E-state index contributed by atoms with van der Waals surface area (Å²) >= 11 is 0. The van der Waals surface area contributed by atoms with Crippen molar-refractivity contribution in [3.63, 3.8) is 0 Å². The number of carbonyl (C=O) groups is 1. The number of nitrogens with zero attached hydrogens (tertiary/aromatic N) is 3. The van der Waals surface area contributed by atoms with Gasteiger partial charge < -0.3 is 15.4 Å². The number of aromatic amines is 1. The number of amides is 1. The first kappa shape index (κ1) is 13.4. The molecule has 96 valence electrons. The molecule has 1 amide bonds. The van der Waals surface area contributed by atoms with E-state index in [0.717, 1.165) is 6.42 Å². The van der Waals surface area contributed by atoms with Gasteiger partial charge in [0.25, 0.3) is 5.91 Å². The number of ether oxygens (including phenoxy) is 1. The van der Waals surface area contributed by atoms with Crippen LogP contribution >= 0.6 is 0 Å². The molecule has 17 heavy (non-hydrogen) atoms. The smallest absolute Gasteiger partial charge is 0.291 e. The monoisotopic (exact) mass is 241 g/mol. The average Bonchev–Trinajstić information content (AvgIpc) is 2.75. The number of aromatic nitrogens is 3. The molecule has 0 bridgehead atoms. The van der Waals surface area contributed by atoms with Crippen molar-refractivity contribution in [2.45, 2.75) is 26.3 Å². The van der Waals surface area contributed by atoms with E-state index < -0.39 is 0 Å². The van der Waals surface area contributed by atoms with Crippen molar-refractivity contribution in [3.8, 4) is 0 Å². The van der Waals surface area contributed by atoms with E-state index in [2.05, 4.69) is 15.2 Å². The molecule has 1 heterocycles. The van der Waals surface area contributed by atoms with E-state index in [0.29, 0.717) is 13.2 Å². The Hall–Kier alpha value is -1.63. The van der Waals surface area contributed by atoms with E-state index in [4.69, 9.17) is 10.5 Å². The zero-order valence-electron chi connectivity index (χ0n) is 10.4. The van der Waals surface area contributed by atoms with Crippen molar-refractivity contribution >= 4 is 11.9 Å². The molecule has 0 spiro atoms. The van der Waals surface area contributed by atoms with Crippen molar-refractivity contribution in [2.24, 2.45) is 0 Å². The number of anilines is 1. The van der Waals surface area contributed by atoms with Gasteiger partial charge in [0.15, 0.2) is 0 Å². The molecular weight excluding hydrogens is 222 g/mol. The van der Waals surface area contributed by atoms with Crippen LogP contribution in [0.4, 0.5) is 5.95 Å². The Balaban J connectivity index is 2.78. The van der Waals surface area contributed by atoms with Gasteiger partial charge in [0.05, 0.1) is 6.61 Å². The van der Waals surface area contributed by atoms with Crippen molar-refractivity contribution in [1.82, 2.24) is 20.1 Å². The van der Waals surface area contributed by atoms with Gasteiger partial charge in [-0.05, 0) is 13.3 Å². The normalized spacial score (nSPS) is 12.4. The molecule has 1 unspecified atom stereocenters. The molecule has 7 heteroatoms. The van der Waals surface area contributed by atoms with Gasteiger partial charge >= 0.3 is 0 Å². The fourth-order valence-electron chi connectivity index (χ4n) is 1.44. The minimum atomic E-state index is -0.208. The second-order valence-corrected chi connectivity index (χ2v) is 3.79. The van der Waals surface area contributed by atoms with Gasteiger partial charge in [0, 0.05) is 19.7 Å². The highest BCUT2D eigenvalue weighted by molar-refractivity contribution is 5.90. The standard InChI is InChI=1S/C10H19N5O2/c1-4-7(2)15(5-6-17-3)9(16)8-12-10(11)14-13-8/h7H,4-6H2,1-3H3,(H3,11,12,13,14). The van der Waals surface area contributed by atoms with E-state index in [-0.39, 0.29) is 23.7 Å². The molecule has 3 N–H and O–H groups in total. The first-order valence-corrected chi connectivity index (χ1v) is 5.57. The highest BCUT2D eigenvalue weighted by Gasteiger charge is 2.22. The van der Waals surface area contributed by atoms with Crippen LogP contribution in [0.3, 0.4) is 0 Å². The number of methoxy groups -OCH3 is 1. The topological polar surface area (TPSA) is 97.1 Å². The lowest BCUT2D eigenvalue weighted by Crippen LogP contribution is -2.41. The van der Waals surface area contributed by atoms with Crippen LogP contribution in [0.15, 0.2) is 0 Å². The van der Waals surface area contributed by atoms with Crippen LogP contribution in [-0.4, -0.2) is 52.3 Å². The van der Waals surface area contributed by atoms with Gasteiger partial charge in [-0.1, -0.05) is 6.92 Å². The summed E-state index contributed by atoms with van der Waals surface area (Å²) in [5.74, 6) is 0.0312. The number of hydrogen-bond donors (Lipinski definition) is 2. The van der Waals surface area contributed by atoms with Crippen LogP contribution in [0.1, 0.15) is 30.9 Å². The largest absolute Gasteiger partial charge is 0.383 e. The summed E-state index contributed by atoms with van der Waals surface area (Å²) in [6, 6.07) is 0.115. The van der Waals surface area contributed by atoms with Crippen LogP contribution in [0.5, 0.6) is 0 Å². The number of rotatable bonds is 6. The second-order valence-electron chi connectivity index (χ2n) is 3.79. The molecule has 1 atom stereocenters. The number of hydrogen-bond acceptors (Lipinski definition) is 5. The SMILES string of the molecule is CCC(C)N(CCOC)C(=O)c1nc(N)n[nH]1. The van der Waals surface area contributed by atoms with Crippen LogP contribution in [0.25, 0.3) is 0 Å². The Morgan fingerprint density at radius 2 is 2.35 bits per heavy atom. The Morgan fingerprint density at radius 3 is 2.82 bits per heavy atom. The summed E-state index contributed by atoms with van der Waals surface area (Å²) in [5.41, 5.74) is 5.38. The molecule has 1 rings (SSSR count). The lowest BCUT2D eigenvalue weighted by atomic mass is 10.2. The number of nitrogen functional groups attached to an aromatic ring is 1. The predicted molar refractivity (Wildman–Crippen MR) is 63.5 cm³/mol. The molecule has 0 aliphatic carbocycles.